The molecular formula is C13H23BrO5. The summed E-state index contributed by atoms with van der Waals surface area (Å²) in [5.74, 6) is 2.39. The van der Waals surface area contributed by atoms with Crippen LogP contribution in [0.4, 0.5) is 0 Å². The minimum absolute atomic E-state index is 0.330. The Kier molecular flexibility index (Phi) is 17.7. The van der Waals surface area contributed by atoms with Crippen LogP contribution < -0.4 is 0 Å². The van der Waals surface area contributed by atoms with E-state index in [0.29, 0.717) is 66.1 Å². The first-order valence-corrected chi connectivity index (χ1v) is 7.42. The number of hydrogen-bond acceptors (Lipinski definition) is 5. The Labute approximate surface area is 124 Å². The van der Waals surface area contributed by atoms with E-state index >= 15 is 0 Å². The molecule has 0 saturated heterocycles. The Morgan fingerprint density at radius 3 is 1.37 bits per heavy atom. The van der Waals surface area contributed by atoms with Crippen molar-refractivity contribution in [3.8, 4) is 12.3 Å². The summed E-state index contributed by atoms with van der Waals surface area (Å²) in [6.45, 7) is 5.55. The highest BCUT2D eigenvalue weighted by molar-refractivity contribution is 9.09. The van der Waals surface area contributed by atoms with E-state index in [-0.39, 0.29) is 0 Å². The third-order valence-electron chi connectivity index (χ3n) is 1.89. The lowest BCUT2D eigenvalue weighted by atomic mass is 10.7. The van der Waals surface area contributed by atoms with Gasteiger partial charge in [0.05, 0.1) is 59.5 Å². The van der Waals surface area contributed by atoms with Gasteiger partial charge in [0.1, 0.15) is 6.61 Å². The molecule has 0 heterocycles. The fraction of sp³-hybridized carbons (Fsp3) is 0.846. The molecule has 0 spiro atoms. The average molecular weight is 339 g/mol. The van der Waals surface area contributed by atoms with Crippen LogP contribution in [-0.4, -0.2) is 71.4 Å². The van der Waals surface area contributed by atoms with Crippen LogP contribution in [0, 0.1) is 12.3 Å². The SMILES string of the molecule is C#CCOCCOCCOCCOCCOCCBr. The molecule has 5 nitrogen and oxygen atoms in total. The Bertz CT molecular complexity index is 208. The van der Waals surface area contributed by atoms with Crippen LogP contribution in [0.15, 0.2) is 0 Å². The van der Waals surface area contributed by atoms with Gasteiger partial charge < -0.3 is 23.7 Å². The first-order chi connectivity index (χ1) is 9.41. The van der Waals surface area contributed by atoms with Crippen molar-refractivity contribution in [2.75, 3.05) is 71.4 Å². The average Bonchev–Trinajstić information content (AvgIpc) is 2.43. The predicted molar refractivity (Wildman–Crippen MR) is 76.7 cm³/mol. The molecule has 0 amide bonds. The molecule has 0 bridgehead atoms. The van der Waals surface area contributed by atoms with Crippen LogP contribution in [0.5, 0.6) is 0 Å². The van der Waals surface area contributed by atoms with E-state index in [1.54, 1.807) is 0 Å². The largest absolute Gasteiger partial charge is 0.378 e. The van der Waals surface area contributed by atoms with Crippen LogP contribution in [0.1, 0.15) is 0 Å². The zero-order valence-electron chi connectivity index (χ0n) is 11.3. The van der Waals surface area contributed by atoms with Gasteiger partial charge in [-0.1, -0.05) is 21.9 Å². The molecule has 0 atom stereocenters. The minimum Gasteiger partial charge on any atom is -0.378 e. The number of hydrogen-bond donors (Lipinski definition) is 0. The molecule has 19 heavy (non-hydrogen) atoms. The normalized spacial score (nSPS) is 10.5. The van der Waals surface area contributed by atoms with Crippen LogP contribution >= 0.6 is 15.9 Å². The molecule has 0 aliphatic carbocycles. The van der Waals surface area contributed by atoms with Crippen molar-refractivity contribution in [3.05, 3.63) is 0 Å². The van der Waals surface area contributed by atoms with Gasteiger partial charge in [-0.05, 0) is 0 Å². The molecule has 0 N–H and O–H groups in total. The van der Waals surface area contributed by atoms with Gasteiger partial charge in [0, 0.05) is 5.33 Å². The zero-order chi connectivity index (χ0) is 14.0. The van der Waals surface area contributed by atoms with Crippen LogP contribution in [-0.2, 0) is 23.7 Å². The molecule has 0 aromatic heterocycles. The van der Waals surface area contributed by atoms with Crippen molar-refractivity contribution < 1.29 is 23.7 Å². The topological polar surface area (TPSA) is 46.2 Å². The number of halogens is 1. The summed E-state index contributed by atoms with van der Waals surface area (Å²) in [5, 5.41) is 0.851. The molecule has 0 aliphatic rings. The molecule has 0 fully saturated rings. The monoisotopic (exact) mass is 338 g/mol. The van der Waals surface area contributed by atoms with Gasteiger partial charge in [0.15, 0.2) is 0 Å². The summed E-state index contributed by atoms with van der Waals surface area (Å²) < 4.78 is 26.2. The summed E-state index contributed by atoms with van der Waals surface area (Å²) in [7, 11) is 0. The maximum atomic E-state index is 5.32. The molecule has 6 heteroatoms. The third-order valence-corrected chi connectivity index (χ3v) is 2.22. The molecule has 0 aromatic rings. The first kappa shape index (κ1) is 18.8. The van der Waals surface area contributed by atoms with Crippen molar-refractivity contribution in [2.24, 2.45) is 0 Å². The van der Waals surface area contributed by atoms with Gasteiger partial charge in [-0.15, -0.1) is 6.42 Å². The molecule has 0 saturated carbocycles. The fourth-order valence-corrected chi connectivity index (χ4v) is 1.29. The number of ether oxygens (including phenoxy) is 5. The van der Waals surface area contributed by atoms with Gasteiger partial charge >= 0.3 is 0 Å². The van der Waals surface area contributed by atoms with E-state index in [2.05, 4.69) is 21.9 Å². The lowest BCUT2D eigenvalue weighted by Crippen LogP contribution is -2.13. The number of terminal acetylenes is 1. The van der Waals surface area contributed by atoms with E-state index in [9.17, 15) is 0 Å². The van der Waals surface area contributed by atoms with E-state index in [4.69, 9.17) is 30.1 Å². The van der Waals surface area contributed by atoms with Gasteiger partial charge in [-0.3, -0.25) is 0 Å². The van der Waals surface area contributed by atoms with E-state index in [0.717, 1.165) is 5.33 Å². The Morgan fingerprint density at radius 2 is 1.00 bits per heavy atom. The predicted octanol–water partition coefficient (Wildman–Crippen LogP) is 1.10. The summed E-state index contributed by atoms with van der Waals surface area (Å²) >= 11 is 3.28. The van der Waals surface area contributed by atoms with E-state index in [1.165, 1.54) is 0 Å². The summed E-state index contributed by atoms with van der Waals surface area (Å²) in [6, 6.07) is 0. The molecule has 0 radical (unpaired) electrons. The third kappa shape index (κ3) is 17.8. The summed E-state index contributed by atoms with van der Waals surface area (Å²) in [5.41, 5.74) is 0. The second kappa shape index (κ2) is 17.8. The quantitative estimate of drug-likeness (QED) is 0.254. The van der Waals surface area contributed by atoms with Crippen LogP contribution in [0.2, 0.25) is 0 Å². The molecule has 0 unspecified atom stereocenters. The fourth-order valence-electron chi connectivity index (χ4n) is 1.07. The second-order valence-corrected chi connectivity index (χ2v) is 4.19. The van der Waals surface area contributed by atoms with Gasteiger partial charge in [-0.25, -0.2) is 0 Å². The lowest BCUT2D eigenvalue weighted by molar-refractivity contribution is -0.00802. The lowest BCUT2D eigenvalue weighted by Gasteiger charge is -2.07. The van der Waals surface area contributed by atoms with Gasteiger partial charge in [-0.2, -0.15) is 0 Å². The Hall–Kier alpha value is -0.160. The van der Waals surface area contributed by atoms with E-state index < -0.39 is 0 Å². The van der Waals surface area contributed by atoms with Crippen molar-refractivity contribution >= 4 is 15.9 Å². The standard InChI is InChI=1S/C13H23BrO5/c1-2-4-15-6-8-17-10-12-19-13-11-18-9-7-16-5-3-14/h1H,3-13H2. The van der Waals surface area contributed by atoms with Crippen molar-refractivity contribution in [1.29, 1.82) is 0 Å². The molecule has 112 valence electrons. The smallest absolute Gasteiger partial charge is 0.107 e. The zero-order valence-corrected chi connectivity index (χ0v) is 12.9. The van der Waals surface area contributed by atoms with Crippen LogP contribution in [0.3, 0.4) is 0 Å². The highest BCUT2D eigenvalue weighted by Crippen LogP contribution is 1.85. The summed E-state index contributed by atoms with van der Waals surface area (Å²) in [6.07, 6.45) is 5.03. The minimum atomic E-state index is 0.330. The van der Waals surface area contributed by atoms with Gasteiger partial charge in [0.2, 0.25) is 0 Å². The first-order valence-electron chi connectivity index (χ1n) is 6.30. The van der Waals surface area contributed by atoms with Crippen molar-refractivity contribution in [2.45, 2.75) is 0 Å². The summed E-state index contributed by atoms with van der Waals surface area (Å²) in [4.78, 5) is 0. The molecular weight excluding hydrogens is 316 g/mol. The highest BCUT2D eigenvalue weighted by Gasteiger charge is 1.92. The number of rotatable bonds is 15. The Morgan fingerprint density at radius 1 is 0.632 bits per heavy atom. The van der Waals surface area contributed by atoms with E-state index in [1.807, 2.05) is 0 Å². The second-order valence-electron chi connectivity index (χ2n) is 3.40. The molecule has 0 rings (SSSR count). The maximum Gasteiger partial charge on any atom is 0.107 e. The maximum absolute atomic E-state index is 5.32. The highest BCUT2D eigenvalue weighted by atomic mass is 79.9. The molecule has 0 aromatic carbocycles. The Balaban J connectivity index is 2.90. The molecule has 0 aliphatic heterocycles. The van der Waals surface area contributed by atoms with Gasteiger partial charge in [0.25, 0.3) is 0 Å². The van der Waals surface area contributed by atoms with Crippen molar-refractivity contribution in [1.82, 2.24) is 0 Å². The van der Waals surface area contributed by atoms with Crippen LogP contribution in [0.25, 0.3) is 0 Å². The van der Waals surface area contributed by atoms with Crippen molar-refractivity contribution in [3.63, 3.8) is 0 Å². The number of alkyl halides is 1.